The molecule has 0 aromatic carbocycles. The van der Waals surface area contributed by atoms with Crippen LogP contribution in [0, 0.1) is 0 Å². The van der Waals surface area contributed by atoms with Gasteiger partial charge in [-0.2, -0.15) is 0 Å². The van der Waals surface area contributed by atoms with Crippen molar-refractivity contribution in [3.05, 3.63) is 23.4 Å². The molecule has 0 aromatic heterocycles. The summed E-state index contributed by atoms with van der Waals surface area (Å²) in [5, 5.41) is 0. The number of ether oxygens (including phenoxy) is 1. The summed E-state index contributed by atoms with van der Waals surface area (Å²) in [5.41, 5.74) is 3.05. The van der Waals surface area contributed by atoms with Gasteiger partial charge in [0.2, 0.25) is 0 Å². The van der Waals surface area contributed by atoms with Gasteiger partial charge in [-0.05, 0) is 18.1 Å². The van der Waals surface area contributed by atoms with Crippen LogP contribution < -0.4 is 0 Å². The quantitative estimate of drug-likeness (QED) is 0.434. The van der Waals surface area contributed by atoms with Gasteiger partial charge in [0.25, 0.3) is 0 Å². The van der Waals surface area contributed by atoms with Crippen molar-refractivity contribution in [2.75, 3.05) is 6.61 Å². The van der Waals surface area contributed by atoms with Crippen molar-refractivity contribution in [2.45, 2.75) is 12.7 Å². The topological polar surface area (TPSA) is 9.23 Å². The Morgan fingerprint density at radius 1 is 1.56 bits per heavy atom. The zero-order valence-corrected chi connectivity index (χ0v) is 5.39. The Balaban J connectivity index is 2.28. The van der Waals surface area contributed by atoms with Crippen molar-refractivity contribution < 1.29 is 4.74 Å². The Kier molecular flexibility index (Phi) is 1.11. The van der Waals surface area contributed by atoms with E-state index in [0.717, 1.165) is 6.61 Å². The minimum atomic E-state index is 0.853. The molecule has 0 N–H and O–H groups in total. The van der Waals surface area contributed by atoms with Crippen LogP contribution in [0.3, 0.4) is 0 Å². The smallest absolute Gasteiger partial charge is 0.158 e. The maximum Gasteiger partial charge on any atom is 0.158 e. The molecule has 2 aliphatic rings. The summed E-state index contributed by atoms with van der Waals surface area (Å²) in [5.74, 6) is 0. The standard InChI is InChI=1S/C7H9BO/c1-3-8-7-2-4-9-5-6(1)7/h2,4,8H,1,3,5H2. The molecule has 0 unspecified atom stereocenters. The van der Waals surface area contributed by atoms with Gasteiger partial charge in [-0.3, -0.25) is 0 Å². The van der Waals surface area contributed by atoms with E-state index in [-0.39, 0.29) is 0 Å². The molecular weight excluding hydrogens is 111 g/mol. The number of hydrogen-bond acceptors (Lipinski definition) is 1. The molecule has 0 spiro atoms. The molecule has 0 saturated carbocycles. The summed E-state index contributed by atoms with van der Waals surface area (Å²) in [7, 11) is 1.27. The van der Waals surface area contributed by atoms with Gasteiger partial charge in [0.15, 0.2) is 7.28 Å². The lowest BCUT2D eigenvalue weighted by Crippen LogP contribution is -1.98. The fraction of sp³-hybridized carbons (Fsp3) is 0.429. The van der Waals surface area contributed by atoms with E-state index in [1.54, 1.807) is 0 Å². The van der Waals surface area contributed by atoms with Crippen LogP contribution in [0.4, 0.5) is 0 Å². The highest BCUT2D eigenvalue weighted by Gasteiger charge is 2.15. The predicted molar refractivity (Wildman–Crippen MR) is 38.7 cm³/mol. The van der Waals surface area contributed by atoms with Crippen molar-refractivity contribution >= 4 is 7.28 Å². The monoisotopic (exact) mass is 120 g/mol. The normalized spacial score (nSPS) is 23.1. The van der Waals surface area contributed by atoms with E-state index in [1.807, 2.05) is 6.26 Å². The number of hydrogen-bond donors (Lipinski definition) is 0. The van der Waals surface area contributed by atoms with E-state index in [0.29, 0.717) is 0 Å². The Hall–Kier alpha value is -0.655. The third-order valence-electron chi connectivity index (χ3n) is 2.00. The molecule has 46 valence electrons. The molecule has 1 nitrogen and oxygen atoms in total. The van der Waals surface area contributed by atoms with Gasteiger partial charge < -0.3 is 4.74 Å². The molecule has 0 aromatic rings. The molecule has 0 amide bonds. The highest BCUT2D eigenvalue weighted by atomic mass is 16.5. The molecular formula is C7H9BO. The predicted octanol–water partition coefficient (Wildman–Crippen LogP) is 1.04. The van der Waals surface area contributed by atoms with Crippen LogP contribution in [0.25, 0.3) is 0 Å². The highest BCUT2D eigenvalue weighted by Crippen LogP contribution is 2.23. The lowest BCUT2D eigenvalue weighted by Gasteiger charge is -2.08. The van der Waals surface area contributed by atoms with Crippen LogP contribution in [-0.4, -0.2) is 13.9 Å². The molecule has 0 atom stereocenters. The van der Waals surface area contributed by atoms with Crippen molar-refractivity contribution in [2.24, 2.45) is 0 Å². The maximum atomic E-state index is 5.14. The summed E-state index contributed by atoms with van der Waals surface area (Å²) in [6.45, 7) is 0.853. The van der Waals surface area contributed by atoms with Crippen molar-refractivity contribution in [1.82, 2.24) is 0 Å². The fourth-order valence-electron chi connectivity index (χ4n) is 1.47. The second kappa shape index (κ2) is 1.94. The summed E-state index contributed by atoms with van der Waals surface area (Å²) < 4.78 is 5.14. The van der Waals surface area contributed by atoms with Crippen molar-refractivity contribution in [1.29, 1.82) is 0 Å². The third-order valence-corrected chi connectivity index (χ3v) is 2.00. The summed E-state index contributed by atoms with van der Waals surface area (Å²) in [6.07, 6.45) is 6.51. The average molecular weight is 120 g/mol. The van der Waals surface area contributed by atoms with Gasteiger partial charge in [-0.1, -0.05) is 11.8 Å². The van der Waals surface area contributed by atoms with E-state index >= 15 is 0 Å². The molecule has 2 aliphatic heterocycles. The van der Waals surface area contributed by atoms with Crippen LogP contribution in [0.15, 0.2) is 23.4 Å². The van der Waals surface area contributed by atoms with Gasteiger partial charge in [-0.25, -0.2) is 0 Å². The van der Waals surface area contributed by atoms with E-state index in [4.69, 9.17) is 4.74 Å². The third kappa shape index (κ3) is 0.785. The molecule has 9 heavy (non-hydrogen) atoms. The lowest BCUT2D eigenvalue weighted by atomic mass is 9.70. The van der Waals surface area contributed by atoms with E-state index in [2.05, 4.69) is 6.08 Å². The summed E-state index contributed by atoms with van der Waals surface area (Å²) in [6, 6.07) is 0. The lowest BCUT2D eigenvalue weighted by molar-refractivity contribution is 0.273. The van der Waals surface area contributed by atoms with Crippen LogP contribution in [0.5, 0.6) is 0 Å². The Labute approximate surface area is 55.6 Å². The molecule has 0 fully saturated rings. The van der Waals surface area contributed by atoms with Gasteiger partial charge in [0.05, 0.1) is 6.26 Å². The molecule has 2 heteroatoms. The fourth-order valence-corrected chi connectivity index (χ4v) is 1.47. The minimum absolute atomic E-state index is 0.853. The molecule has 0 radical (unpaired) electrons. The molecule has 0 aliphatic carbocycles. The maximum absolute atomic E-state index is 5.14. The van der Waals surface area contributed by atoms with E-state index < -0.39 is 0 Å². The summed E-state index contributed by atoms with van der Waals surface area (Å²) in [4.78, 5) is 0. The Morgan fingerprint density at radius 2 is 2.56 bits per heavy atom. The van der Waals surface area contributed by atoms with Crippen molar-refractivity contribution in [3.63, 3.8) is 0 Å². The van der Waals surface area contributed by atoms with Crippen LogP contribution >= 0.6 is 0 Å². The molecule has 0 saturated heterocycles. The van der Waals surface area contributed by atoms with E-state index in [1.165, 1.54) is 31.1 Å². The second-order valence-electron chi connectivity index (χ2n) is 2.60. The Bertz CT molecular complexity index is 181. The van der Waals surface area contributed by atoms with E-state index in [9.17, 15) is 0 Å². The summed E-state index contributed by atoms with van der Waals surface area (Å²) >= 11 is 0. The largest absolute Gasteiger partial charge is 0.497 e. The van der Waals surface area contributed by atoms with Crippen LogP contribution in [-0.2, 0) is 4.74 Å². The van der Waals surface area contributed by atoms with Gasteiger partial charge in [0, 0.05) is 0 Å². The first kappa shape index (κ1) is 5.16. The number of rotatable bonds is 0. The van der Waals surface area contributed by atoms with Gasteiger partial charge in [-0.15, -0.1) is 0 Å². The molecule has 2 rings (SSSR count). The van der Waals surface area contributed by atoms with Gasteiger partial charge >= 0.3 is 0 Å². The zero-order chi connectivity index (χ0) is 6.10. The first-order chi connectivity index (χ1) is 4.47. The SMILES string of the molecule is B1CCC2=C1C=COC2. The highest BCUT2D eigenvalue weighted by molar-refractivity contribution is 6.48. The first-order valence-electron chi connectivity index (χ1n) is 3.46. The van der Waals surface area contributed by atoms with Crippen LogP contribution in [0.1, 0.15) is 6.42 Å². The second-order valence-corrected chi connectivity index (χ2v) is 2.60. The first-order valence-corrected chi connectivity index (χ1v) is 3.46. The van der Waals surface area contributed by atoms with Gasteiger partial charge in [0.1, 0.15) is 6.61 Å². The molecule has 2 heterocycles. The Morgan fingerprint density at radius 3 is 3.44 bits per heavy atom. The average Bonchev–Trinajstić information content (AvgIpc) is 2.33. The minimum Gasteiger partial charge on any atom is -0.497 e. The van der Waals surface area contributed by atoms with Crippen molar-refractivity contribution in [3.8, 4) is 0 Å². The van der Waals surface area contributed by atoms with Crippen LogP contribution in [0.2, 0.25) is 6.32 Å². The molecule has 0 bridgehead atoms. The zero-order valence-electron chi connectivity index (χ0n) is 5.39. The number of allylic oxidation sites excluding steroid dienone is 2.